The van der Waals surface area contributed by atoms with Crippen LogP contribution in [-0.2, 0) is 0 Å². The number of carbonyl (C=O) groups excluding carboxylic acids is 1. The number of hydrogen-bond donors (Lipinski definition) is 1. The van der Waals surface area contributed by atoms with Crippen molar-refractivity contribution in [1.29, 1.82) is 0 Å². The van der Waals surface area contributed by atoms with E-state index in [2.05, 4.69) is 26.5 Å². The van der Waals surface area contributed by atoms with Crippen LogP contribution >= 0.6 is 27.5 Å². The molecule has 0 aromatic heterocycles. The summed E-state index contributed by atoms with van der Waals surface area (Å²) in [6.45, 7) is 0. The Labute approximate surface area is 135 Å². The third-order valence-electron chi connectivity index (χ3n) is 2.66. The zero-order chi connectivity index (χ0) is 15.2. The van der Waals surface area contributed by atoms with Gasteiger partial charge in [0, 0.05) is 10.0 Å². The molecule has 0 aliphatic carbocycles. The molecule has 2 aromatic rings. The van der Waals surface area contributed by atoms with Gasteiger partial charge in [-0.2, -0.15) is 5.10 Å². The van der Waals surface area contributed by atoms with Gasteiger partial charge in [0.25, 0.3) is 5.91 Å². The Bertz CT molecular complexity index is 672. The Kier molecular flexibility index (Phi) is 5.36. The second-order valence-corrected chi connectivity index (χ2v) is 5.42. The van der Waals surface area contributed by atoms with Gasteiger partial charge in [-0.3, -0.25) is 4.79 Å². The average Bonchev–Trinajstić information content (AvgIpc) is 2.48. The number of nitrogens with one attached hydrogen (secondary N) is 1. The minimum Gasteiger partial charge on any atom is -0.495 e. The van der Waals surface area contributed by atoms with Gasteiger partial charge in [-0.25, -0.2) is 5.43 Å². The van der Waals surface area contributed by atoms with E-state index in [0.717, 1.165) is 10.0 Å². The first-order valence-corrected chi connectivity index (χ1v) is 7.20. The van der Waals surface area contributed by atoms with Gasteiger partial charge in [-0.15, -0.1) is 0 Å². The highest BCUT2D eigenvalue weighted by molar-refractivity contribution is 9.10. The first kappa shape index (κ1) is 15.5. The van der Waals surface area contributed by atoms with Gasteiger partial charge in [0.05, 0.1) is 18.3 Å². The molecule has 0 aliphatic heterocycles. The van der Waals surface area contributed by atoms with Crippen LogP contribution in [0, 0.1) is 0 Å². The zero-order valence-electron chi connectivity index (χ0n) is 11.1. The Hall–Kier alpha value is -1.85. The second kappa shape index (κ2) is 7.24. The molecular weight excluding hydrogens is 356 g/mol. The molecule has 1 N–H and O–H groups in total. The first-order valence-electron chi connectivity index (χ1n) is 6.02. The fraction of sp³-hybridized carbons (Fsp3) is 0.0667. The van der Waals surface area contributed by atoms with Crippen molar-refractivity contribution in [2.24, 2.45) is 5.10 Å². The van der Waals surface area contributed by atoms with Crippen LogP contribution in [0.15, 0.2) is 52.0 Å². The summed E-state index contributed by atoms with van der Waals surface area (Å²) in [6.07, 6.45) is 1.52. The van der Waals surface area contributed by atoms with Gasteiger partial charge in [0.15, 0.2) is 0 Å². The van der Waals surface area contributed by atoms with Crippen LogP contribution < -0.4 is 10.2 Å². The predicted molar refractivity (Wildman–Crippen MR) is 87.2 cm³/mol. The van der Waals surface area contributed by atoms with E-state index in [1.807, 2.05) is 0 Å². The third kappa shape index (κ3) is 4.31. The molecule has 108 valence electrons. The second-order valence-electron chi connectivity index (χ2n) is 4.10. The Morgan fingerprint density at radius 3 is 2.62 bits per heavy atom. The number of hydrazone groups is 1. The van der Waals surface area contributed by atoms with E-state index in [-0.39, 0.29) is 5.91 Å². The fourth-order valence-electron chi connectivity index (χ4n) is 1.59. The molecule has 0 unspecified atom stereocenters. The summed E-state index contributed by atoms with van der Waals surface area (Å²) < 4.78 is 5.97. The molecule has 6 heteroatoms. The number of rotatable bonds is 4. The highest BCUT2D eigenvalue weighted by Crippen LogP contribution is 2.24. The molecule has 0 aliphatic rings. The number of nitrogens with zero attached hydrogens (tertiary/aromatic N) is 1. The Morgan fingerprint density at radius 1 is 1.29 bits per heavy atom. The summed E-state index contributed by atoms with van der Waals surface area (Å²) in [5.41, 5.74) is 3.75. The highest BCUT2D eigenvalue weighted by atomic mass is 79.9. The van der Waals surface area contributed by atoms with Crippen molar-refractivity contribution in [1.82, 2.24) is 5.43 Å². The molecule has 21 heavy (non-hydrogen) atoms. The topological polar surface area (TPSA) is 50.7 Å². The minimum atomic E-state index is -0.279. The number of carbonyl (C=O) groups is 1. The van der Waals surface area contributed by atoms with Crippen molar-refractivity contribution in [2.45, 2.75) is 0 Å². The summed E-state index contributed by atoms with van der Waals surface area (Å²) in [7, 11) is 1.55. The summed E-state index contributed by atoms with van der Waals surface area (Å²) >= 11 is 9.32. The lowest BCUT2D eigenvalue weighted by Gasteiger charge is -2.03. The van der Waals surface area contributed by atoms with E-state index in [4.69, 9.17) is 16.3 Å². The number of halogens is 2. The van der Waals surface area contributed by atoms with Crippen molar-refractivity contribution < 1.29 is 9.53 Å². The van der Waals surface area contributed by atoms with Crippen LogP contribution in [-0.4, -0.2) is 19.2 Å². The molecule has 2 rings (SSSR count). The normalized spacial score (nSPS) is 10.6. The lowest BCUT2D eigenvalue weighted by Crippen LogP contribution is -2.17. The van der Waals surface area contributed by atoms with Crippen LogP contribution in [0.25, 0.3) is 0 Å². The summed E-state index contributed by atoms with van der Waals surface area (Å²) in [5.74, 6) is 0.311. The largest absolute Gasteiger partial charge is 0.495 e. The fourth-order valence-corrected chi connectivity index (χ4v) is 2.12. The molecule has 0 fully saturated rings. The van der Waals surface area contributed by atoms with E-state index in [1.165, 1.54) is 6.21 Å². The van der Waals surface area contributed by atoms with Crippen molar-refractivity contribution >= 4 is 39.7 Å². The smallest absolute Gasteiger partial charge is 0.271 e. The maximum absolute atomic E-state index is 11.8. The van der Waals surface area contributed by atoms with Gasteiger partial charge < -0.3 is 4.74 Å². The van der Waals surface area contributed by atoms with Crippen molar-refractivity contribution in [3.8, 4) is 5.75 Å². The van der Waals surface area contributed by atoms with Crippen LogP contribution in [0.1, 0.15) is 15.9 Å². The van der Waals surface area contributed by atoms with Gasteiger partial charge in [-0.05, 0) is 48.0 Å². The monoisotopic (exact) mass is 366 g/mol. The van der Waals surface area contributed by atoms with E-state index in [0.29, 0.717) is 16.3 Å². The quantitative estimate of drug-likeness (QED) is 0.659. The zero-order valence-corrected chi connectivity index (χ0v) is 13.5. The molecule has 2 aromatic carbocycles. The highest BCUT2D eigenvalue weighted by Gasteiger charge is 2.03. The summed E-state index contributed by atoms with van der Waals surface area (Å²) in [4.78, 5) is 11.8. The molecule has 4 nitrogen and oxygen atoms in total. The molecule has 0 heterocycles. The number of ether oxygens (including phenoxy) is 1. The van der Waals surface area contributed by atoms with E-state index in [9.17, 15) is 4.79 Å². The lowest BCUT2D eigenvalue weighted by molar-refractivity contribution is 0.0955. The van der Waals surface area contributed by atoms with Crippen molar-refractivity contribution in [3.63, 3.8) is 0 Å². The van der Waals surface area contributed by atoms with Crippen LogP contribution in [0.3, 0.4) is 0 Å². The van der Waals surface area contributed by atoms with Gasteiger partial charge in [-0.1, -0.05) is 27.5 Å². The maximum atomic E-state index is 11.8. The summed E-state index contributed by atoms with van der Waals surface area (Å²) in [5, 5.41) is 4.39. The predicted octanol–water partition coefficient (Wildman–Crippen LogP) is 3.88. The Morgan fingerprint density at radius 2 is 2.00 bits per heavy atom. The molecule has 0 saturated heterocycles. The molecule has 1 amide bonds. The van der Waals surface area contributed by atoms with E-state index < -0.39 is 0 Å². The number of benzene rings is 2. The van der Waals surface area contributed by atoms with Gasteiger partial charge >= 0.3 is 0 Å². The van der Waals surface area contributed by atoms with Crippen LogP contribution in [0.2, 0.25) is 5.02 Å². The van der Waals surface area contributed by atoms with E-state index >= 15 is 0 Å². The lowest BCUT2D eigenvalue weighted by atomic mass is 10.2. The molecule has 0 radical (unpaired) electrons. The Balaban J connectivity index is 2.00. The average molecular weight is 368 g/mol. The SMILES string of the molecule is COc1ccc(/C=N/NC(=O)c2ccc(Br)cc2)cc1Cl. The molecule has 0 spiro atoms. The van der Waals surface area contributed by atoms with Crippen LogP contribution in [0.4, 0.5) is 0 Å². The molecular formula is C15H12BrClN2O2. The minimum absolute atomic E-state index is 0.279. The van der Waals surface area contributed by atoms with E-state index in [1.54, 1.807) is 49.6 Å². The molecule has 0 saturated carbocycles. The molecule has 0 bridgehead atoms. The standard InChI is InChI=1S/C15H12BrClN2O2/c1-21-14-7-2-10(8-13(14)17)9-18-19-15(20)11-3-5-12(16)6-4-11/h2-9H,1H3,(H,19,20)/b18-9+. The third-order valence-corrected chi connectivity index (χ3v) is 3.49. The van der Waals surface area contributed by atoms with Gasteiger partial charge in [0.2, 0.25) is 0 Å². The maximum Gasteiger partial charge on any atom is 0.271 e. The summed E-state index contributed by atoms with van der Waals surface area (Å²) in [6, 6.07) is 12.2. The van der Waals surface area contributed by atoms with Crippen LogP contribution in [0.5, 0.6) is 5.75 Å². The number of methoxy groups -OCH3 is 1. The number of hydrogen-bond acceptors (Lipinski definition) is 3. The number of amides is 1. The van der Waals surface area contributed by atoms with Gasteiger partial charge in [0.1, 0.15) is 5.75 Å². The van der Waals surface area contributed by atoms with Crippen molar-refractivity contribution in [3.05, 3.63) is 63.1 Å². The molecule has 0 atom stereocenters. The first-order chi connectivity index (χ1) is 10.1. The van der Waals surface area contributed by atoms with Crippen molar-refractivity contribution in [2.75, 3.05) is 7.11 Å².